The Bertz CT molecular complexity index is 246. The van der Waals surface area contributed by atoms with Crippen molar-refractivity contribution in [1.82, 2.24) is 0 Å². The van der Waals surface area contributed by atoms with Crippen LogP contribution in [0.25, 0.3) is 0 Å². The highest BCUT2D eigenvalue weighted by Crippen LogP contribution is 2.47. The Hall–Kier alpha value is -0.330. The van der Waals surface area contributed by atoms with Crippen molar-refractivity contribution in [2.24, 2.45) is 23.7 Å². The first-order chi connectivity index (χ1) is 8.60. The summed E-state index contributed by atoms with van der Waals surface area (Å²) in [5, 5.41) is 8.01. The van der Waals surface area contributed by atoms with Gasteiger partial charge in [-0.05, 0) is 49.9 Å². The first-order valence-corrected chi connectivity index (χ1v) is 8.15. The maximum Gasteiger partial charge on any atom is 0.00892 e. The van der Waals surface area contributed by atoms with E-state index in [0.29, 0.717) is 5.92 Å². The van der Waals surface area contributed by atoms with Crippen LogP contribution in [-0.2, 0) is 0 Å². The molecule has 1 N–H and O–H groups in total. The lowest BCUT2D eigenvalue weighted by molar-refractivity contribution is 0.346. The number of nitrogens with one attached hydrogen (secondary N) is 1. The Morgan fingerprint density at radius 2 is 1.89 bits per heavy atom. The van der Waals surface area contributed by atoms with Gasteiger partial charge in [-0.15, -0.1) is 0 Å². The van der Waals surface area contributed by atoms with Gasteiger partial charge in [0.1, 0.15) is 0 Å². The standard InChI is InChI=1S/C17H33N/c1-5-7-8-9-10-16(14(4)18)12-15(6-2)17-11-13(17)3/h13,15-18H,5-12H2,1-4H3. The van der Waals surface area contributed by atoms with E-state index in [2.05, 4.69) is 20.8 Å². The molecule has 0 aliphatic heterocycles. The number of hydrogen-bond acceptors (Lipinski definition) is 1. The molecule has 1 aliphatic rings. The average Bonchev–Trinajstić information content (AvgIpc) is 3.05. The molecule has 0 heterocycles. The molecule has 0 spiro atoms. The van der Waals surface area contributed by atoms with E-state index in [0.717, 1.165) is 23.5 Å². The Labute approximate surface area is 114 Å². The van der Waals surface area contributed by atoms with E-state index in [-0.39, 0.29) is 0 Å². The van der Waals surface area contributed by atoms with Gasteiger partial charge in [0, 0.05) is 5.71 Å². The van der Waals surface area contributed by atoms with Crippen molar-refractivity contribution < 1.29 is 0 Å². The molecule has 0 saturated heterocycles. The fourth-order valence-corrected chi connectivity index (χ4v) is 3.35. The smallest absolute Gasteiger partial charge is 0.00892 e. The molecule has 4 atom stereocenters. The lowest BCUT2D eigenvalue weighted by Gasteiger charge is -2.22. The average molecular weight is 251 g/mol. The molecule has 1 fully saturated rings. The van der Waals surface area contributed by atoms with Crippen LogP contribution in [0.5, 0.6) is 0 Å². The molecule has 1 aliphatic carbocycles. The summed E-state index contributed by atoms with van der Waals surface area (Å²) in [6.07, 6.45) is 10.7. The molecule has 1 heteroatoms. The topological polar surface area (TPSA) is 23.9 Å². The van der Waals surface area contributed by atoms with Gasteiger partial charge in [-0.25, -0.2) is 0 Å². The Morgan fingerprint density at radius 3 is 2.33 bits per heavy atom. The zero-order chi connectivity index (χ0) is 13.5. The summed E-state index contributed by atoms with van der Waals surface area (Å²) in [6, 6.07) is 0. The second-order valence-electron chi connectivity index (χ2n) is 6.51. The number of rotatable bonds is 10. The Kier molecular flexibility index (Phi) is 6.96. The molecule has 1 rings (SSSR count). The van der Waals surface area contributed by atoms with Crippen molar-refractivity contribution in [2.45, 2.75) is 79.1 Å². The second kappa shape index (κ2) is 7.96. The summed E-state index contributed by atoms with van der Waals surface area (Å²) in [7, 11) is 0. The van der Waals surface area contributed by atoms with Crippen LogP contribution in [0.3, 0.4) is 0 Å². The predicted octanol–water partition coefficient (Wildman–Crippen LogP) is 5.68. The first-order valence-electron chi connectivity index (χ1n) is 8.15. The maximum absolute atomic E-state index is 8.01. The lowest BCUT2D eigenvalue weighted by atomic mass is 9.83. The normalized spacial score (nSPS) is 25.8. The van der Waals surface area contributed by atoms with Gasteiger partial charge in [0.05, 0.1) is 0 Å². The molecule has 1 nitrogen and oxygen atoms in total. The van der Waals surface area contributed by atoms with Gasteiger partial charge in [-0.3, -0.25) is 0 Å². The molecule has 18 heavy (non-hydrogen) atoms. The molecule has 0 aromatic carbocycles. The van der Waals surface area contributed by atoms with Gasteiger partial charge in [0.2, 0.25) is 0 Å². The predicted molar refractivity (Wildman–Crippen MR) is 81.3 cm³/mol. The van der Waals surface area contributed by atoms with Crippen LogP contribution in [0.15, 0.2) is 0 Å². The van der Waals surface area contributed by atoms with E-state index >= 15 is 0 Å². The molecule has 4 unspecified atom stereocenters. The number of unbranched alkanes of at least 4 members (excludes halogenated alkanes) is 3. The molecular weight excluding hydrogens is 218 g/mol. The van der Waals surface area contributed by atoms with Crippen molar-refractivity contribution >= 4 is 5.71 Å². The molecule has 0 bridgehead atoms. The highest BCUT2D eigenvalue weighted by Gasteiger charge is 2.39. The molecule has 1 saturated carbocycles. The minimum atomic E-state index is 0.569. The van der Waals surface area contributed by atoms with E-state index in [1.54, 1.807) is 0 Å². The summed E-state index contributed by atoms with van der Waals surface area (Å²) in [4.78, 5) is 0. The summed E-state index contributed by atoms with van der Waals surface area (Å²) >= 11 is 0. The van der Waals surface area contributed by atoms with Crippen molar-refractivity contribution in [3.63, 3.8) is 0 Å². The molecule has 106 valence electrons. The van der Waals surface area contributed by atoms with Crippen LogP contribution in [-0.4, -0.2) is 5.71 Å². The van der Waals surface area contributed by atoms with Crippen molar-refractivity contribution in [3.05, 3.63) is 0 Å². The summed E-state index contributed by atoms with van der Waals surface area (Å²) in [5.41, 5.74) is 0.929. The molecule has 0 amide bonds. The van der Waals surface area contributed by atoms with Gasteiger partial charge in [0.25, 0.3) is 0 Å². The fourth-order valence-electron chi connectivity index (χ4n) is 3.35. The van der Waals surface area contributed by atoms with Crippen LogP contribution in [0, 0.1) is 29.1 Å². The zero-order valence-corrected chi connectivity index (χ0v) is 13.0. The third-order valence-electron chi connectivity index (χ3n) is 4.91. The van der Waals surface area contributed by atoms with E-state index < -0.39 is 0 Å². The minimum absolute atomic E-state index is 0.569. The molecule has 0 aromatic heterocycles. The zero-order valence-electron chi connectivity index (χ0n) is 13.0. The third kappa shape index (κ3) is 5.12. The van der Waals surface area contributed by atoms with Crippen LogP contribution in [0.1, 0.15) is 79.1 Å². The SMILES string of the molecule is CCCCCCC(CC(CC)C1CC1C)C(C)=N. The monoisotopic (exact) mass is 251 g/mol. The minimum Gasteiger partial charge on any atom is -0.310 e. The van der Waals surface area contributed by atoms with Crippen molar-refractivity contribution in [1.29, 1.82) is 5.41 Å². The fraction of sp³-hybridized carbons (Fsp3) is 0.941. The van der Waals surface area contributed by atoms with Gasteiger partial charge >= 0.3 is 0 Å². The molecular formula is C17H33N. The van der Waals surface area contributed by atoms with E-state index in [4.69, 9.17) is 5.41 Å². The first kappa shape index (κ1) is 15.7. The summed E-state index contributed by atoms with van der Waals surface area (Å²) in [5.74, 6) is 3.39. The van der Waals surface area contributed by atoms with Crippen LogP contribution < -0.4 is 0 Å². The van der Waals surface area contributed by atoms with E-state index in [1.807, 2.05) is 6.92 Å². The second-order valence-corrected chi connectivity index (χ2v) is 6.51. The van der Waals surface area contributed by atoms with Crippen LogP contribution in [0.2, 0.25) is 0 Å². The van der Waals surface area contributed by atoms with Crippen LogP contribution >= 0.6 is 0 Å². The van der Waals surface area contributed by atoms with Gasteiger partial charge < -0.3 is 5.41 Å². The lowest BCUT2D eigenvalue weighted by Crippen LogP contribution is -2.17. The quantitative estimate of drug-likeness (QED) is 0.381. The highest BCUT2D eigenvalue weighted by atomic mass is 14.5. The van der Waals surface area contributed by atoms with Crippen molar-refractivity contribution in [3.8, 4) is 0 Å². The van der Waals surface area contributed by atoms with Gasteiger partial charge in [-0.1, -0.05) is 52.9 Å². The highest BCUT2D eigenvalue weighted by molar-refractivity contribution is 5.81. The van der Waals surface area contributed by atoms with Crippen molar-refractivity contribution in [2.75, 3.05) is 0 Å². The molecule has 0 aromatic rings. The largest absolute Gasteiger partial charge is 0.310 e. The van der Waals surface area contributed by atoms with E-state index in [1.165, 1.54) is 51.4 Å². The van der Waals surface area contributed by atoms with Gasteiger partial charge in [-0.2, -0.15) is 0 Å². The summed E-state index contributed by atoms with van der Waals surface area (Å²) < 4.78 is 0. The van der Waals surface area contributed by atoms with E-state index in [9.17, 15) is 0 Å². The molecule has 0 radical (unpaired) electrons. The van der Waals surface area contributed by atoms with Crippen LogP contribution in [0.4, 0.5) is 0 Å². The number of hydrogen-bond donors (Lipinski definition) is 1. The maximum atomic E-state index is 8.01. The Balaban J connectivity index is 2.34. The third-order valence-corrected chi connectivity index (χ3v) is 4.91. The van der Waals surface area contributed by atoms with Gasteiger partial charge in [0.15, 0.2) is 0 Å². The Morgan fingerprint density at radius 1 is 1.22 bits per heavy atom. The summed E-state index contributed by atoms with van der Waals surface area (Å²) in [6.45, 7) is 9.01.